The second kappa shape index (κ2) is 3.12. The molecule has 0 heterocycles. The van der Waals surface area contributed by atoms with E-state index in [-0.39, 0.29) is 12.1 Å². The number of rotatable bonds is 2. The standard InChI is InChI=1S/C5H8N4O2/c6-5(10)11-4-1-3(2-4)8-9-7/h3-4H,1-2H2,(H2,6,10). The quantitative estimate of drug-likeness (QED) is 0.365. The molecule has 2 N–H and O–H groups in total. The van der Waals surface area contributed by atoms with Crippen LogP contribution in [0.15, 0.2) is 5.11 Å². The lowest BCUT2D eigenvalue weighted by atomic mass is 9.90. The highest BCUT2D eigenvalue weighted by molar-refractivity contribution is 5.64. The van der Waals surface area contributed by atoms with E-state index >= 15 is 0 Å². The molecule has 6 nitrogen and oxygen atoms in total. The van der Waals surface area contributed by atoms with Crippen molar-refractivity contribution in [1.29, 1.82) is 0 Å². The zero-order valence-corrected chi connectivity index (χ0v) is 5.80. The van der Waals surface area contributed by atoms with Crippen molar-refractivity contribution < 1.29 is 9.53 Å². The SMILES string of the molecule is [N-]=[N+]=NC1CC(OC(N)=O)C1. The minimum Gasteiger partial charge on any atom is -0.446 e. The van der Waals surface area contributed by atoms with Gasteiger partial charge in [-0.05, 0) is 18.4 Å². The fraction of sp³-hybridized carbons (Fsp3) is 0.800. The lowest BCUT2D eigenvalue weighted by Gasteiger charge is -2.30. The number of ether oxygens (including phenoxy) is 1. The Morgan fingerprint density at radius 2 is 2.36 bits per heavy atom. The van der Waals surface area contributed by atoms with Gasteiger partial charge in [-0.1, -0.05) is 5.11 Å². The molecular formula is C5H8N4O2. The molecule has 0 aromatic heterocycles. The molecule has 1 aliphatic carbocycles. The predicted molar refractivity (Wildman–Crippen MR) is 36.6 cm³/mol. The normalized spacial score (nSPS) is 28.0. The van der Waals surface area contributed by atoms with Gasteiger partial charge in [0.1, 0.15) is 6.10 Å². The van der Waals surface area contributed by atoms with Gasteiger partial charge in [0.25, 0.3) is 0 Å². The monoisotopic (exact) mass is 156 g/mol. The summed E-state index contributed by atoms with van der Waals surface area (Å²) in [5, 5.41) is 3.44. The number of nitrogens with zero attached hydrogens (tertiary/aromatic N) is 3. The number of carbonyl (C=O) groups excluding carboxylic acids is 1. The van der Waals surface area contributed by atoms with E-state index < -0.39 is 6.09 Å². The van der Waals surface area contributed by atoms with E-state index in [0.717, 1.165) is 0 Å². The highest BCUT2D eigenvalue weighted by Crippen LogP contribution is 2.26. The minimum absolute atomic E-state index is 0.0238. The Bertz CT molecular complexity index is 205. The van der Waals surface area contributed by atoms with Crippen LogP contribution in [0.2, 0.25) is 0 Å². The van der Waals surface area contributed by atoms with Crippen LogP contribution in [0.3, 0.4) is 0 Å². The van der Waals surface area contributed by atoms with Gasteiger partial charge >= 0.3 is 6.09 Å². The number of hydrogen-bond acceptors (Lipinski definition) is 3. The molecule has 1 rings (SSSR count). The van der Waals surface area contributed by atoms with Crippen LogP contribution in [-0.2, 0) is 4.74 Å². The summed E-state index contributed by atoms with van der Waals surface area (Å²) < 4.78 is 4.62. The Balaban J connectivity index is 2.19. The van der Waals surface area contributed by atoms with E-state index in [4.69, 9.17) is 11.3 Å². The van der Waals surface area contributed by atoms with Gasteiger partial charge in [-0.15, -0.1) is 0 Å². The Morgan fingerprint density at radius 3 is 2.82 bits per heavy atom. The maximum absolute atomic E-state index is 10.2. The smallest absolute Gasteiger partial charge is 0.404 e. The van der Waals surface area contributed by atoms with Crippen molar-refractivity contribution >= 4 is 6.09 Å². The van der Waals surface area contributed by atoms with Crippen molar-refractivity contribution in [3.05, 3.63) is 10.4 Å². The first-order chi connectivity index (χ1) is 5.22. The zero-order valence-electron chi connectivity index (χ0n) is 5.80. The first kappa shape index (κ1) is 7.68. The predicted octanol–water partition coefficient (Wildman–Crippen LogP) is 0.923. The second-order valence-corrected chi connectivity index (χ2v) is 2.39. The fourth-order valence-corrected chi connectivity index (χ4v) is 0.966. The third kappa shape index (κ3) is 2.01. The van der Waals surface area contributed by atoms with Crippen molar-refractivity contribution in [2.24, 2.45) is 10.8 Å². The van der Waals surface area contributed by atoms with Gasteiger partial charge in [0, 0.05) is 11.0 Å². The summed E-state index contributed by atoms with van der Waals surface area (Å²) in [7, 11) is 0. The molecule has 0 aromatic rings. The van der Waals surface area contributed by atoms with Gasteiger partial charge in [-0.2, -0.15) is 0 Å². The molecule has 0 radical (unpaired) electrons. The highest BCUT2D eigenvalue weighted by Gasteiger charge is 2.30. The molecule has 11 heavy (non-hydrogen) atoms. The molecule has 0 bridgehead atoms. The average Bonchev–Trinajstić information content (AvgIpc) is 1.82. The molecule has 60 valence electrons. The Hall–Kier alpha value is -1.42. The first-order valence-electron chi connectivity index (χ1n) is 3.22. The van der Waals surface area contributed by atoms with Crippen molar-refractivity contribution in [3.8, 4) is 0 Å². The fourth-order valence-electron chi connectivity index (χ4n) is 0.966. The molecule has 0 aromatic carbocycles. The summed E-state index contributed by atoms with van der Waals surface area (Å²) >= 11 is 0. The summed E-state index contributed by atoms with van der Waals surface area (Å²) in [6.45, 7) is 0. The molecule has 0 spiro atoms. The van der Waals surface area contributed by atoms with Gasteiger partial charge in [-0.3, -0.25) is 0 Å². The van der Waals surface area contributed by atoms with E-state index in [2.05, 4.69) is 14.8 Å². The number of primary amides is 1. The molecule has 0 saturated heterocycles. The van der Waals surface area contributed by atoms with Crippen molar-refractivity contribution in [2.75, 3.05) is 0 Å². The Labute approximate surface area is 62.9 Å². The molecule has 0 unspecified atom stereocenters. The largest absolute Gasteiger partial charge is 0.446 e. The van der Waals surface area contributed by atoms with Gasteiger partial charge < -0.3 is 10.5 Å². The summed E-state index contributed by atoms with van der Waals surface area (Å²) in [5.41, 5.74) is 12.8. The number of nitrogens with two attached hydrogens (primary N) is 1. The molecule has 1 saturated carbocycles. The maximum Gasteiger partial charge on any atom is 0.404 e. The third-order valence-corrected chi connectivity index (χ3v) is 1.57. The van der Waals surface area contributed by atoms with Gasteiger partial charge in [-0.25, -0.2) is 4.79 Å². The van der Waals surface area contributed by atoms with Crippen LogP contribution in [0.1, 0.15) is 12.8 Å². The lowest BCUT2D eigenvalue weighted by molar-refractivity contribution is 0.0474. The summed E-state index contributed by atoms with van der Waals surface area (Å²) in [6.07, 6.45) is 0.261. The summed E-state index contributed by atoms with van der Waals surface area (Å²) in [4.78, 5) is 12.8. The van der Waals surface area contributed by atoms with Crippen LogP contribution in [0.4, 0.5) is 4.79 Å². The molecule has 1 fully saturated rings. The van der Waals surface area contributed by atoms with Gasteiger partial charge in [0.05, 0.1) is 0 Å². The Morgan fingerprint density at radius 1 is 1.73 bits per heavy atom. The molecular weight excluding hydrogens is 148 g/mol. The van der Waals surface area contributed by atoms with E-state index in [1.54, 1.807) is 0 Å². The average molecular weight is 156 g/mol. The number of amides is 1. The van der Waals surface area contributed by atoms with Crippen LogP contribution in [-0.4, -0.2) is 18.2 Å². The van der Waals surface area contributed by atoms with Crippen molar-refractivity contribution in [2.45, 2.75) is 25.0 Å². The van der Waals surface area contributed by atoms with Crippen LogP contribution in [0.5, 0.6) is 0 Å². The van der Waals surface area contributed by atoms with E-state index in [1.165, 1.54) is 0 Å². The third-order valence-electron chi connectivity index (χ3n) is 1.57. The number of hydrogen-bond donors (Lipinski definition) is 1. The van der Waals surface area contributed by atoms with E-state index in [0.29, 0.717) is 12.8 Å². The van der Waals surface area contributed by atoms with Gasteiger partial charge in [0.2, 0.25) is 0 Å². The van der Waals surface area contributed by atoms with Crippen LogP contribution in [0.25, 0.3) is 10.4 Å². The molecule has 1 aliphatic rings. The molecule has 6 heteroatoms. The van der Waals surface area contributed by atoms with Gasteiger partial charge in [0.15, 0.2) is 0 Å². The topological polar surface area (TPSA) is 101 Å². The highest BCUT2D eigenvalue weighted by atomic mass is 16.6. The van der Waals surface area contributed by atoms with Crippen LogP contribution < -0.4 is 5.73 Å². The number of azide groups is 1. The first-order valence-corrected chi connectivity index (χ1v) is 3.22. The van der Waals surface area contributed by atoms with Crippen molar-refractivity contribution in [3.63, 3.8) is 0 Å². The molecule has 0 atom stereocenters. The summed E-state index contributed by atoms with van der Waals surface area (Å²) in [5.74, 6) is 0. The van der Waals surface area contributed by atoms with Crippen LogP contribution in [0, 0.1) is 0 Å². The molecule has 1 amide bonds. The van der Waals surface area contributed by atoms with E-state index in [1.807, 2.05) is 0 Å². The second-order valence-electron chi connectivity index (χ2n) is 2.39. The minimum atomic E-state index is -0.769. The zero-order chi connectivity index (χ0) is 8.27. The number of carbonyl (C=O) groups is 1. The molecule has 0 aliphatic heterocycles. The maximum atomic E-state index is 10.2. The van der Waals surface area contributed by atoms with E-state index in [9.17, 15) is 4.79 Å². The Kier molecular flexibility index (Phi) is 2.18. The van der Waals surface area contributed by atoms with Crippen LogP contribution >= 0.6 is 0 Å². The summed E-state index contributed by atoms with van der Waals surface area (Å²) in [6, 6.07) is -0.0238. The lowest BCUT2D eigenvalue weighted by Crippen LogP contribution is -2.37. The van der Waals surface area contributed by atoms with Crippen molar-refractivity contribution in [1.82, 2.24) is 0 Å².